The van der Waals surface area contributed by atoms with Crippen LogP contribution in [0.3, 0.4) is 0 Å². The van der Waals surface area contributed by atoms with Crippen molar-refractivity contribution in [3.63, 3.8) is 0 Å². The van der Waals surface area contributed by atoms with Gasteiger partial charge in [-0.15, -0.1) is 0 Å². The van der Waals surface area contributed by atoms with Gasteiger partial charge in [0.25, 0.3) is 0 Å². The van der Waals surface area contributed by atoms with Gasteiger partial charge in [-0.1, -0.05) is 45.4 Å². The number of rotatable bonds is 19. The van der Waals surface area contributed by atoms with E-state index in [4.69, 9.17) is 18.9 Å². The summed E-state index contributed by atoms with van der Waals surface area (Å²) >= 11 is 0. The average Bonchev–Trinajstić information content (AvgIpc) is 2.75. The molecule has 0 radical (unpaired) electrons. The van der Waals surface area contributed by atoms with Gasteiger partial charge in [0.05, 0.1) is 26.4 Å². The minimum Gasteiger partial charge on any atom is -0.491 e. The van der Waals surface area contributed by atoms with E-state index in [0.717, 1.165) is 18.5 Å². The Morgan fingerprint density at radius 3 is 2.00 bits per heavy atom. The third-order valence-corrected chi connectivity index (χ3v) is 4.52. The molecule has 1 aromatic carbocycles. The van der Waals surface area contributed by atoms with Crippen molar-refractivity contribution in [1.29, 1.82) is 0 Å². The van der Waals surface area contributed by atoms with Crippen LogP contribution in [0, 0.1) is 0 Å². The Labute approximate surface area is 186 Å². The third-order valence-electron chi connectivity index (χ3n) is 4.52. The molecule has 7 nitrogen and oxygen atoms in total. The lowest BCUT2D eigenvalue weighted by Gasteiger charge is -2.09. The molecule has 1 aromatic rings. The molecule has 0 heterocycles. The zero-order chi connectivity index (χ0) is 22.6. The van der Waals surface area contributed by atoms with Gasteiger partial charge in [0.1, 0.15) is 19.0 Å². The number of ether oxygens (including phenoxy) is 4. The van der Waals surface area contributed by atoms with E-state index in [1.807, 2.05) is 0 Å². The first kappa shape index (κ1) is 26.9. The topological polar surface area (TPSA) is 83.1 Å². The largest absolute Gasteiger partial charge is 0.491 e. The summed E-state index contributed by atoms with van der Waals surface area (Å²) in [5.74, 6) is 0.467. The normalized spacial score (nSPS) is 10.6. The summed E-state index contributed by atoms with van der Waals surface area (Å²) in [6, 6.07) is 7.16. The van der Waals surface area contributed by atoms with E-state index >= 15 is 0 Å². The molecule has 0 spiro atoms. The monoisotopic (exact) mass is 437 g/mol. The van der Waals surface area contributed by atoms with Crippen molar-refractivity contribution in [3.8, 4) is 5.75 Å². The molecule has 0 saturated heterocycles. The number of carbonyl (C=O) groups excluding carboxylic acids is 2. The second-order valence-electron chi connectivity index (χ2n) is 7.37. The van der Waals surface area contributed by atoms with Gasteiger partial charge in [-0.05, 0) is 30.7 Å². The van der Waals surface area contributed by atoms with Crippen molar-refractivity contribution >= 4 is 17.6 Å². The molecule has 1 rings (SSSR count). The van der Waals surface area contributed by atoms with E-state index in [0.29, 0.717) is 45.2 Å². The number of unbranched alkanes of at least 4 members (excludes halogenated alkanes) is 6. The van der Waals surface area contributed by atoms with E-state index in [-0.39, 0.29) is 18.5 Å². The fourth-order valence-electron chi connectivity index (χ4n) is 2.89. The molecule has 1 amide bonds. The number of hydrogen-bond acceptors (Lipinski definition) is 6. The van der Waals surface area contributed by atoms with Crippen molar-refractivity contribution < 1.29 is 28.5 Å². The maximum Gasteiger partial charge on any atom is 0.305 e. The Balaban J connectivity index is 1.86. The highest BCUT2D eigenvalue weighted by Crippen LogP contribution is 2.15. The van der Waals surface area contributed by atoms with Crippen LogP contribution < -0.4 is 10.1 Å². The van der Waals surface area contributed by atoms with Crippen LogP contribution in [-0.2, 0) is 23.8 Å². The molecule has 0 aliphatic carbocycles. The van der Waals surface area contributed by atoms with Crippen molar-refractivity contribution in [2.45, 2.75) is 65.2 Å². The van der Waals surface area contributed by atoms with Crippen LogP contribution in [-0.4, -0.2) is 51.5 Å². The Kier molecular flexibility index (Phi) is 16.2. The van der Waals surface area contributed by atoms with Gasteiger partial charge < -0.3 is 24.3 Å². The first-order chi connectivity index (χ1) is 15.1. The highest BCUT2D eigenvalue weighted by Gasteiger charge is 2.02. The van der Waals surface area contributed by atoms with Gasteiger partial charge in [-0.25, -0.2) is 0 Å². The van der Waals surface area contributed by atoms with Gasteiger partial charge in [0.15, 0.2) is 0 Å². The summed E-state index contributed by atoms with van der Waals surface area (Å²) in [5, 5.41) is 2.70. The second-order valence-corrected chi connectivity index (χ2v) is 7.37. The van der Waals surface area contributed by atoms with E-state index in [9.17, 15) is 9.59 Å². The van der Waals surface area contributed by atoms with Crippen molar-refractivity contribution in [2.75, 3.05) is 45.0 Å². The number of benzene rings is 1. The first-order valence-corrected chi connectivity index (χ1v) is 11.4. The molecule has 0 aliphatic rings. The number of amides is 1. The maximum absolute atomic E-state index is 11.6. The van der Waals surface area contributed by atoms with Gasteiger partial charge >= 0.3 is 5.97 Å². The zero-order valence-electron chi connectivity index (χ0n) is 19.2. The third kappa shape index (κ3) is 16.3. The van der Waals surface area contributed by atoms with Crippen LogP contribution in [0.4, 0.5) is 5.69 Å². The van der Waals surface area contributed by atoms with Crippen LogP contribution in [0.25, 0.3) is 0 Å². The molecule has 0 atom stereocenters. The molecular weight excluding hydrogens is 398 g/mol. The molecular formula is C24H39NO6. The number of carbonyl (C=O) groups is 2. The van der Waals surface area contributed by atoms with Crippen LogP contribution in [0.2, 0.25) is 0 Å². The Hall–Kier alpha value is -2.12. The molecule has 176 valence electrons. The summed E-state index contributed by atoms with van der Waals surface area (Å²) in [6.45, 7) is 6.12. The molecule has 0 aromatic heterocycles. The molecule has 0 unspecified atom stereocenters. The predicted molar refractivity (Wildman–Crippen MR) is 121 cm³/mol. The maximum atomic E-state index is 11.6. The van der Waals surface area contributed by atoms with Gasteiger partial charge in [0, 0.05) is 19.0 Å². The highest BCUT2D eigenvalue weighted by molar-refractivity contribution is 5.88. The fraction of sp³-hybridized carbons (Fsp3) is 0.667. The predicted octanol–water partition coefficient (Wildman–Crippen LogP) is 4.74. The lowest BCUT2D eigenvalue weighted by molar-refractivity contribution is -0.145. The lowest BCUT2D eigenvalue weighted by Crippen LogP contribution is -2.14. The van der Waals surface area contributed by atoms with E-state index < -0.39 is 0 Å². The van der Waals surface area contributed by atoms with Crippen LogP contribution in [0.5, 0.6) is 5.75 Å². The summed E-state index contributed by atoms with van der Waals surface area (Å²) in [4.78, 5) is 22.6. The van der Waals surface area contributed by atoms with Gasteiger partial charge in [-0.2, -0.15) is 0 Å². The first-order valence-electron chi connectivity index (χ1n) is 11.4. The van der Waals surface area contributed by atoms with Crippen molar-refractivity contribution in [3.05, 3.63) is 24.3 Å². The van der Waals surface area contributed by atoms with Gasteiger partial charge in [0.2, 0.25) is 5.91 Å². The number of esters is 1. The fourth-order valence-corrected chi connectivity index (χ4v) is 2.89. The van der Waals surface area contributed by atoms with Crippen LogP contribution in [0.1, 0.15) is 65.2 Å². The molecule has 31 heavy (non-hydrogen) atoms. The smallest absolute Gasteiger partial charge is 0.305 e. The number of anilines is 1. The minimum atomic E-state index is -0.143. The molecule has 7 heteroatoms. The quantitative estimate of drug-likeness (QED) is 0.249. The van der Waals surface area contributed by atoms with E-state index in [2.05, 4.69) is 12.2 Å². The summed E-state index contributed by atoms with van der Waals surface area (Å²) in [6.07, 6.45) is 8.81. The second kappa shape index (κ2) is 18.6. The van der Waals surface area contributed by atoms with Crippen LogP contribution >= 0.6 is 0 Å². The Morgan fingerprint density at radius 1 is 0.774 bits per heavy atom. The van der Waals surface area contributed by atoms with E-state index in [1.165, 1.54) is 39.0 Å². The Morgan fingerprint density at radius 2 is 1.35 bits per heavy atom. The minimum absolute atomic E-state index is 0.106. The highest BCUT2D eigenvalue weighted by atomic mass is 16.6. The molecule has 0 aliphatic heterocycles. The SMILES string of the molecule is CCCCCCCCCC(=O)OCCOCCOCCOc1ccc(NC(C)=O)cc1. The summed E-state index contributed by atoms with van der Waals surface area (Å²) < 4.78 is 21.6. The molecule has 1 N–H and O–H groups in total. The Bertz CT molecular complexity index is 590. The van der Waals surface area contributed by atoms with Gasteiger partial charge in [-0.3, -0.25) is 9.59 Å². The summed E-state index contributed by atoms with van der Waals surface area (Å²) in [7, 11) is 0. The zero-order valence-corrected chi connectivity index (χ0v) is 19.2. The molecule has 0 fully saturated rings. The van der Waals surface area contributed by atoms with Crippen molar-refractivity contribution in [1.82, 2.24) is 0 Å². The standard InChI is InChI=1S/C24H39NO6/c1-3-4-5-6-7-8-9-10-24(27)31-20-18-29-16-15-28-17-19-30-23-13-11-22(12-14-23)25-21(2)26/h11-14H,3-10,15-20H2,1-2H3,(H,25,26). The molecule has 0 saturated carbocycles. The van der Waals surface area contributed by atoms with Crippen LogP contribution in [0.15, 0.2) is 24.3 Å². The summed E-state index contributed by atoms with van der Waals surface area (Å²) in [5.41, 5.74) is 0.733. The number of nitrogens with one attached hydrogen (secondary N) is 1. The van der Waals surface area contributed by atoms with E-state index in [1.54, 1.807) is 24.3 Å². The lowest BCUT2D eigenvalue weighted by atomic mass is 10.1. The van der Waals surface area contributed by atoms with Crippen molar-refractivity contribution in [2.24, 2.45) is 0 Å². The average molecular weight is 438 g/mol. The number of hydrogen-bond donors (Lipinski definition) is 1. The molecule has 0 bridgehead atoms.